The molecule has 0 unspecified atom stereocenters. The van der Waals surface area contributed by atoms with Gasteiger partial charge < -0.3 is 5.73 Å². The number of unbranched alkanes of at least 4 members (excludes halogenated alkanes) is 1. The second kappa shape index (κ2) is 6.48. The fraction of sp³-hybridized carbons (Fsp3) is 0.235. The van der Waals surface area contributed by atoms with Gasteiger partial charge in [-0.25, -0.2) is 0 Å². The SMILES string of the molecule is CCCCc1ccc(-c2ccccc2C(N)=S)cc1. The maximum atomic E-state index is 5.78. The lowest BCUT2D eigenvalue weighted by atomic mass is 9.97. The Morgan fingerprint density at radius 3 is 2.37 bits per heavy atom. The highest BCUT2D eigenvalue weighted by molar-refractivity contribution is 7.80. The van der Waals surface area contributed by atoms with E-state index in [-0.39, 0.29) is 0 Å². The van der Waals surface area contributed by atoms with Gasteiger partial charge in [-0.15, -0.1) is 0 Å². The average Bonchev–Trinajstić information content (AvgIpc) is 2.45. The minimum absolute atomic E-state index is 0.450. The third kappa shape index (κ3) is 3.42. The molecule has 0 saturated heterocycles. The zero-order valence-electron chi connectivity index (χ0n) is 11.2. The normalized spacial score (nSPS) is 10.4. The molecule has 98 valence electrons. The second-order valence-electron chi connectivity index (χ2n) is 4.71. The number of nitrogens with two attached hydrogens (primary N) is 1. The maximum absolute atomic E-state index is 5.78. The standard InChI is InChI=1S/C17H19NS/c1-2-3-6-13-9-11-14(12-10-13)15-7-4-5-8-16(15)17(18)19/h4-5,7-12H,2-3,6H2,1H3,(H2,18,19). The summed E-state index contributed by atoms with van der Waals surface area (Å²) in [6, 6.07) is 16.7. The van der Waals surface area contributed by atoms with Crippen molar-refractivity contribution in [1.82, 2.24) is 0 Å². The molecular formula is C17H19NS. The molecule has 19 heavy (non-hydrogen) atoms. The molecule has 0 spiro atoms. The largest absolute Gasteiger partial charge is 0.389 e. The van der Waals surface area contributed by atoms with Crippen molar-refractivity contribution >= 4 is 17.2 Å². The zero-order chi connectivity index (χ0) is 13.7. The zero-order valence-corrected chi connectivity index (χ0v) is 12.0. The van der Waals surface area contributed by atoms with E-state index in [1.54, 1.807) is 0 Å². The van der Waals surface area contributed by atoms with Crippen LogP contribution in [-0.2, 0) is 6.42 Å². The molecular weight excluding hydrogens is 250 g/mol. The fourth-order valence-electron chi connectivity index (χ4n) is 2.18. The highest BCUT2D eigenvalue weighted by Crippen LogP contribution is 2.24. The Kier molecular flexibility index (Phi) is 4.69. The van der Waals surface area contributed by atoms with Gasteiger partial charge in [0.05, 0.1) is 0 Å². The Morgan fingerprint density at radius 1 is 1.05 bits per heavy atom. The first-order valence-electron chi connectivity index (χ1n) is 6.70. The molecule has 2 heteroatoms. The summed E-state index contributed by atoms with van der Waals surface area (Å²) < 4.78 is 0. The summed E-state index contributed by atoms with van der Waals surface area (Å²) in [6.07, 6.45) is 3.61. The van der Waals surface area contributed by atoms with Crippen molar-refractivity contribution in [2.75, 3.05) is 0 Å². The smallest absolute Gasteiger partial charge is 0.104 e. The molecule has 1 nitrogen and oxygen atoms in total. The highest BCUT2D eigenvalue weighted by Gasteiger charge is 2.06. The minimum atomic E-state index is 0.450. The van der Waals surface area contributed by atoms with Gasteiger partial charge in [0.2, 0.25) is 0 Å². The molecule has 0 amide bonds. The summed E-state index contributed by atoms with van der Waals surface area (Å²) in [5.74, 6) is 0. The number of benzene rings is 2. The van der Waals surface area contributed by atoms with Crippen LogP contribution >= 0.6 is 12.2 Å². The molecule has 0 atom stereocenters. The summed E-state index contributed by atoms with van der Waals surface area (Å²) in [5, 5.41) is 0. The summed E-state index contributed by atoms with van der Waals surface area (Å²) in [6.45, 7) is 2.22. The third-order valence-electron chi connectivity index (χ3n) is 3.28. The molecule has 0 heterocycles. The van der Waals surface area contributed by atoms with Crippen LogP contribution in [0.25, 0.3) is 11.1 Å². The molecule has 2 rings (SSSR count). The molecule has 0 radical (unpaired) electrons. The van der Waals surface area contributed by atoms with Crippen LogP contribution in [0.2, 0.25) is 0 Å². The number of thiocarbonyl (C=S) groups is 1. The summed E-state index contributed by atoms with van der Waals surface area (Å²) >= 11 is 5.11. The average molecular weight is 269 g/mol. The Labute approximate surface area is 120 Å². The lowest BCUT2D eigenvalue weighted by molar-refractivity contribution is 0.795. The van der Waals surface area contributed by atoms with Gasteiger partial charge in [0.15, 0.2) is 0 Å². The van der Waals surface area contributed by atoms with Gasteiger partial charge in [0, 0.05) is 5.56 Å². The van der Waals surface area contributed by atoms with E-state index in [0.717, 1.165) is 17.5 Å². The molecule has 0 saturated carbocycles. The molecule has 2 aromatic rings. The first-order valence-corrected chi connectivity index (χ1v) is 7.11. The predicted molar refractivity (Wildman–Crippen MR) is 86.4 cm³/mol. The van der Waals surface area contributed by atoms with Crippen molar-refractivity contribution in [2.24, 2.45) is 5.73 Å². The molecule has 0 aliphatic heterocycles. The van der Waals surface area contributed by atoms with Gasteiger partial charge >= 0.3 is 0 Å². The number of hydrogen-bond acceptors (Lipinski definition) is 1. The van der Waals surface area contributed by atoms with Crippen LogP contribution in [-0.4, -0.2) is 4.99 Å². The molecule has 0 bridgehead atoms. The van der Waals surface area contributed by atoms with Crippen molar-refractivity contribution in [3.63, 3.8) is 0 Å². The monoisotopic (exact) mass is 269 g/mol. The van der Waals surface area contributed by atoms with E-state index in [1.165, 1.54) is 24.0 Å². The maximum Gasteiger partial charge on any atom is 0.104 e. The molecule has 2 aromatic carbocycles. The Bertz CT molecular complexity index is 558. The van der Waals surface area contributed by atoms with Crippen molar-refractivity contribution < 1.29 is 0 Å². The van der Waals surface area contributed by atoms with E-state index in [1.807, 2.05) is 18.2 Å². The van der Waals surface area contributed by atoms with Crippen LogP contribution in [0, 0.1) is 0 Å². The summed E-state index contributed by atoms with van der Waals surface area (Å²) in [4.78, 5) is 0.450. The molecule has 0 fully saturated rings. The summed E-state index contributed by atoms with van der Waals surface area (Å²) in [7, 11) is 0. The minimum Gasteiger partial charge on any atom is -0.389 e. The van der Waals surface area contributed by atoms with Gasteiger partial charge in [-0.05, 0) is 29.5 Å². The lowest BCUT2D eigenvalue weighted by Crippen LogP contribution is -2.10. The molecule has 0 aliphatic rings. The van der Waals surface area contributed by atoms with Crippen molar-refractivity contribution in [1.29, 1.82) is 0 Å². The Morgan fingerprint density at radius 2 is 1.74 bits per heavy atom. The lowest BCUT2D eigenvalue weighted by Gasteiger charge is -2.09. The van der Waals surface area contributed by atoms with Crippen LogP contribution < -0.4 is 5.73 Å². The summed E-state index contributed by atoms with van der Waals surface area (Å²) in [5.41, 5.74) is 10.4. The van der Waals surface area contributed by atoms with Crippen LogP contribution in [0.1, 0.15) is 30.9 Å². The highest BCUT2D eigenvalue weighted by atomic mass is 32.1. The number of hydrogen-bond donors (Lipinski definition) is 1. The molecule has 0 aliphatic carbocycles. The molecule has 2 N–H and O–H groups in total. The predicted octanol–water partition coefficient (Wildman–Crippen LogP) is 4.33. The second-order valence-corrected chi connectivity index (χ2v) is 5.15. The first kappa shape index (κ1) is 13.8. The quantitative estimate of drug-likeness (QED) is 0.818. The fourth-order valence-corrected chi connectivity index (χ4v) is 2.36. The van der Waals surface area contributed by atoms with Crippen LogP contribution in [0.15, 0.2) is 48.5 Å². The third-order valence-corrected chi connectivity index (χ3v) is 3.50. The van der Waals surface area contributed by atoms with Gasteiger partial charge in [-0.1, -0.05) is 74.1 Å². The van der Waals surface area contributed by atoms with Crippen molar-refractivity contribution in [2.45, 2.75) is 26.2 Å². The Balaban J connectivity index is 2.30. The van der Waals surface area contributed by atoms with Gasteiger partial charge in [-0.2, -0.15) is 0 Å². The number of rotatable bonds is 5. The van der Waals surface area contributed by atoms with E-state index in [4.69, 9.17) is 18.0 Å². The van der Waals surface area contributed by atoms with Crippen LogP contribution in [0.5, 0.6) is 0 Å². The van der Waals surface area contributed by atoms with E-state index < -0.39 is 0 Å². The molecule has 0 aromatic heterocycles. The van der Waals surface area contributed by atoms with Crippen LogP contribution in [0.4, 0.5) is 0 Å². The van der Waals surface area contributed by atoms with Crippen molar-refractivity contribution in [3.05, 3.63) is 59.7 Å². The van der Waals surface area contributed by atoms with Gasteiger partial charge in [0.25, 0.3) is 0 Å². The van der Waals surface area contributed by atoms with Gasteiger partial charge in [0.1, 0.15) is 4.99 Å². The Hall–Kier alpha value is -1.67. The first-order chi connectivity index (χ1) is 9.22. The van der Waals surface area contributed by atoms with Gasteiger partial charge in [-0.3, -0.25) is 0 Å². The van der Waals surface area contributed by atoms with E-state index in [2.05, 4.69) is 37.3 Å². The van der Waals surface area contributed by atoms with E-state index in [9.17, 15) is 0 Å². The van der Waals surface area contributed by atoms with E-state index >= 15 is 0 Å². The topological polar surface area (TPSA) is 26.0 Å². The van der Waals surface area contributed by atoms with Crippen molar-refractivity contribution in [3.8, 4) is 11.1 Å². The van der Waals surface area contributed by atoms with Crippen LogP contribution in [0.3, 0.4) is 0 Å². The van der Waals surface area contributed by atoms with E-state index in [0.29, 0.717) is 4.99 Å². The number of aryl methyl sites for hydroxylation is 1.